The van der Waals surface area contributed by atoms with Crippen molar-refractivity contribution in [2.45, 2.75) is 58.0 Å². The summed E-state index contributed by atoms with van der Waals surface area (Å²) >= 11 is 0. The predicted octanol–water partition coefficient (Wildman–Crippen LogP) is 2.25. The second kappa shape index (κ2) is 4.42. The van der Waals surface area contributed by atoms with Crippen molar-refractivity contribution in [3.8, 4) is 0 Å². The van der Waals surface area contributed by atoms with Gasteiger partial charge in [0.25, 0.3) is 0 Å². The van der Waals surface area contributed by atoms with Crippen LogP contribution in [0.2, 0.25) is 0 Å². The fourth-order valence-electron chi connectivity index (χ4n) is 2.78. The third-order valence-electron chi connectivity index (χ3n) is 3.88. The number of nitrogens with zero attached hydrogens (tertiary/aromatic N) is 1. The lowest BCUT2D eigenvalue weighted by molar-refractivity contribution is 0.0779. The molecule has 0 aromatic carbocycles. The van der Waals surface area contributed by atoms with Crippen molar-refractivity contribution in [2.75, 3.05) is 19.6 Å². The molecule has 2 unspecified atom stereocenters. The standard InChI is InChI=1S/C13H26N2/c1-13(2,3)14-10-11-6-7-12(11)15-8-4-5-9-15/h11-12,14H,4-10H2,1-3H3. The molecule has 1 N–H and O–H groups in total. The average molecular weight is 210 g/mol. The zero-order chi connectivity index (χ0) is 10.9. The second-order valence-corrected chi connectivity index (χ2v) is 6.28. The maximum Gasteiger partial charge on any atom is 0.0136 e. The molecule has 0 radical (unpaired) electrons. The van der Waals surface area contributed by atoms with Gasteiger partial charge in [-0.3, -0.25) is 0 Å². The van der Waals surface area contributed by atoms with E-state index in [2.05, 4.69) is 31.0 Å². The minimum atomic E-state index is 0.283. The van der Waals surface area contributed by atoms with Gasteiger partial charge in [0.1, 0.15) is 0 Å². The molecule has 1 heterocycles. The normalized spacial score (nSPS) is 33.0. The van der Waals surface area contributed by atoms with Crippen LogP contribution in [0.25, 0.3) is 0 Å². The van der Waals surface area contributed by atoms with E-state index in [0.717, 1.165) is 12.0 Å². The van der Waals surface area contributed by atoms with Crippen LogP contribution in [0.15, 0.2) is 0 Å². The zero-order valence-corrected chi connectivity index (χ0v) is 10.6. The highest BCUT2D eigenvalue weighted by atomic mass is 15.2. The Kier molecular flexibility index (Phi) is 3.36. The monoisotopic (exact) mass is 210 g/mol. The summed E-state index contributed by atoms with van der Waals surface area (Å²) in [6.07, 6.45) is 5.73. The van der Waals surface area contributed by atoms with Crippen LogP contribution in [-0.4, -0.2) is 36.1 Å². The molecule has 0 bridgehead atoms. The Balaban J connectivity index is 1.74. The highest BCUT2D eigenvalue weighted by Crippen LogP contribution is 2.33. The predicted molar refractivity (Wildman–Crippen MR) is 65.1 cm³/mol. The van der Waals surface area contributed by atoms with Crippen LogP contribution in [0, 0.1) is 5.92 Å². The van der Waals surface area contributed by atoms with E-state index in [4.69, 9.17) is 0 Å². The lowest BCUT2D eigenvalue weighted by atomic mass is 9.78. The van der Waals surface area contributed by atoms with Crippen molar-refractivity contribution in [1.82, 2.24) is 10.2 Å². The van der Waals surface area contributed by atoms with Crippen molar-refractivity contribution >= 4 is 0 Å². The molecule has 0 aromatic heterocycles. The number of nitrogens with one attached hydrogen (secondary N) is 1. The molecule has 15 heavy (non-hydrogen) atoms. The summed E-state index contributed by atoms with van der Waals surface area (Å²) in [5, 5.41) is 3.65. The highest BCUT2D eigenvalue weighted by molar-refractivity contribution is 4.92. The smallest absolute Gasteiger partial charge is 0.0136 e. The van der Waals surface area contributed by atoms with Crippen molar-refractivity contribution in [3.63, 3.8) is 0 Å². The van der Waals surface area contributed by atoms with Gasteiger partial charge < -0.3 is 10.2 Å². The Morgan fingerprint density at radius 1 is 1.13 bits per heavy atom. The lowest BCUT2D eigenvalue weighted by Crippen LogP contribution is -2.51. The van der Waals surface area contributed by atoms with Crippen LogP contribution < -0.4 is 5.32 Å². The van der Waals surface area contributed by atoms with Crippen LogP contribution in [0.4, 0.5) is 0 Å². The molecule has 2 heteroatoms. The first kappa shape index (κ1) is 11.4. The average Bonchev–Trinajstić information content (AvgIpc) is 2.53. The number of rotatable bonds is 3. The Labute approximate surface area is 94.4 Å². The van der Waals surface area contributed by atoms with Crippen LogP contribution in [0.3, 0.4) is 0 Å². The quantitative estimate of drug-likeness (QED) is 0.768. The van der Waals surface area contributed by atoms with Crippen LogP contribution in [-0.2, 0) is 0 Å². The van der Waals surface area contributed by atoms with Gasteiger partial charge in [-0.25, -0.2) is 0 Å². The van der Waals surface area contributed by atoms with Gasteiger partial charge in [0, 0.05) is 11.6 Å². The van der Waals surface area contributed by atoms with Crippen molar-refractivity contribution in [2.24, 2.45) is 5.92 Å². The molecule has 2 fully saturated rings. The Morgan fingerprint density at radius 3 is 2.27 bits per heavy atom. The maximum absolute atomic E-state index is 3.65. The van der Waals surface area contributed by atoms with Gasteiger partial charge in [-0.1, -0.05) is 0 Å². The third kappa shape index (κ3) is 2.94. The zero-order valence-electron chi connectivity index (χ0n) is 10.6. The molecule has 1 aliphatic heterocycles. The van der Waals surface area contributed by atoms with E-state index in [0.29, 0.717) is 0 Å². The second-order valence-electron chi connectivity index (χ2n) is 6.28. The Bertz CT molecular complexity index is 201. The summed E-state index contributed by atoms with van der Waals surface area (Å²) in [5.74, 6) is 0.919. The molecule has 0 amide bonds. The molecule has 2 rings (SSSR count). The number of hydrogen-bond donors (Lipinski definition) is 1. The summed E-state index contributed by atoms with van der Waals surface area (Å²) in [7, 11) is 0. The van der Waals surface area contributed by atoms with Gasteiger partial charge in [-0.2, -0.15) is 0 Å². The van der Waals surface area contributed by atoms with E-state index in [1.807, 2.05) is 0 Å². The largest absolute Gasteiger partial charge is 0.312 e. The topological polar surface area (TPSA) is 15.3 Å². The van der Waals surface area contributed by atoms with Crippen molar-refractivity contribution in [3.05, 3.63) is 0 Å². The van der Waals surface area contributed by atoms with Gasteiger partial charge in [0.05, 0.1) is 0 Å². The highest BCUT2D eigenvalue weighted by Gasteiger charge is 2.36. The van der Waals surface area contributed by atoms with Gasteiger partial charge in [-0.05, 0) is 72.0 Å². The van der Waals surface area contributed by atoms with E-state index >= 15 is 0 Å². The lowest BCUT2D eigenvalue weighted by Gasteiger charge is -2.44. The molecule has 0 aromatic rings. The molecular weight excluding hydrogens is 184 g/mol. The molecule has 2 atom stereocenters. The molecule has 0 spiro atoms. The summed E-state index contributed by atoms with van der Waals surface area (Å²) in [6.45, 7) is 10.7. The first-order chi connectivity index (χ1) is 7.06. The molecule has 1 aliphatic carbocycles. The molecule has 1 saturated heterocycles. The summed E-state index contributed by atoms with van der Waals surface area (Å²) < 4.78 is 0. The molecular formula is C13H26N2. The van der Waals surface area contributed by atoms with E-state index in [-0.39, 0.29) is 5.54 Å². The fraction of sp³-hybridized carbons (Fsp3) is 1.00. The Morgan fingerprint density at radius 2 is 1.80 bits per heavy atom. The first-order valence-electron chi connectivity index (χ1n) is 6.55. The van der Waals surface area contributed by atoms with Crippen molar-refractivity contribution < 1.29 is 0 Å². The summed E-state index contributed by atoms with van der Waals surface area (Å²) in [4.78, 5) is 2.72. The van der Waals surface area contributed by atoms with Crippen molar-refractivity contribution in [1.29, 1.82) is 0 Å². The van der Waals surface area contributed by atoms with E-state index in [9.17, 15) is 0 Å². The number of hydrogen-bond acceptors (Lipinski definition) is 2. The number of likely N-dealkylation sites (tertiary alicyclic amines) is 1. The van der Waals surface area contributed by atoms with Gasteiger partial charge in [0.2, 0.25) is 0 Å². The summed E-state index contributed by atoms with van der Waals surface area (Å²) in [5.41, 5.74) is 0.283. The van der Waals surface area contributed by atoms with E-state index in [1.54, 1.807) is 0 Å². The minimum Gasteiger partial charge on any atom is -0.312 e. The first-order valence-corrected chi connectivity index (χ1v) is 6.55. The molecule has 88 valence electrons. The van der Waals surface area contributed by atoms with Crippen LogP contribution >= 0.6 is 0 Å². The van der Waals surface area contributed by atoms with E-state index in [1.165, 1.54) is 45.3 Å². The molecule has 2 nitrogen and oxygen atoms in total. The molecule has 2 aliphatic rings. The summed E-state index contributed by atoms with van der Waals surface area (Å²) in [6, 6.07) is 0.905. The van der Waals surface area contributed by atoms with Crippen LogP contribution in [0.1, 0.15) is 46.5 Å². The SMILES string of the molecule is CC(C)(C)NCC1CCC1N1CCCC1. The minimum absolute atomic E-state index is 0.283. The molecule has 1 saturated carbocycles. The third-order valence-corrected chi connectivity index (χ3v) is 3.88. The van der Waals surface area contributed by atoms with Gasteiger partial charge in [0.15, 0.2) is 0 Å². The fourth-order valence-corrected chi connectivity index (χ4v) is 2.78. The van der Waals surface area contributed by atoms with Crippen LogP contribution in [0.5, 0.6) is 0 Å². The van der Waals surface area contributed by atoms with Gasteiger partial charge >= 0.3 is 0 Å². The Hall–Kier alpha value is -0.0800. The van der Waals surface area contributed by atoms with E-state index < -0.39 is 0 Å². The van der Waals surface area contributed by atoms with Gasteiger partial charge in [-0.15, -0.1) is 0 Å². The maximum atomic E-state index is 3.65.